The Balaban J connectivity index is 1.92. The molecule has 0 bridgehead atoms. The molecule has 9 heteroatoms. The Labute approximate surface area is 140 Å². The summed E-state index contributed by atoms with van der Waals surface area (Å²) in [4.78, 5) is 49.5. The van der Waals surface area contributed by atoms with Crippen molar-refractivity contribution in [3.05, 3.63) is 61.9 Å². The second-order valence-corrected chi connectivity index (χ2v) is 5.58. The Kier molecular flexibility index (Phi) is 4.14. The summed E-state index contributed by atoms with van der Waals surface area (Å²) in [6, 6.07) is 3.52. The molecule has 0 fully saturated rings. The molecule has 130 valence electrons. The van der Waals surface area contributed by atoms with Crippen LogP contribution in [0.5, 0.6) is 5.75 Å². The van der Waals surface area contributed by atoms with Crippen molar-refractivity contribution in [3.8, 4) is 5.75 Å². The molecule has 0 saturated carbocycles. The van der Waals surface area contributed by atoms with Crippen LogP contribution in [-0.4, -0.2) is 33.1 Å². The topological polar surface area (TPSA) is 130 Å². The van der Waals surface area contributed by atoms with E-state index in [2.05, 4.69) is 10.3 Å². The van der Waals surface area contributed by atoms with Crippen molar-refractivity contribution in [1.82, 2.24) is 14.9 Å². The van der Waals surface area contributed by atoms with Gasteiger partial charge in [-0.25, -0.2) is 9.59 Å². The number of fused-ring (bicyclic) bond motifs is 1. The number of carboxylic acid groups (broad SMARTS) is 1. The fraction of sp³-hybridized carbons (Fsp3) is 0.250. The summed E-state index contributed by atoms with van der Waals surface area (Å²) in [5.74, 6) is -1.47. The van der Waals surface area contributed by atoms with Crippen molar-refractivity contribution < 1.29 is 19.4 Å². The molecule has 2 aromatic rings. The van der Waals surface area contributed by atoms with Gasteiger partial charge in [-0.05, 0) is 23.3 Å². The predicted octanol–water partition coefficient (Wildman–Crippen LogP) is -0.436. The molecule has 25 heavy (non-hydrogen) atoms. The van der Waals surface area contributed by atoms with E-state index in [4.69, 9.17) is 4.74 Å². The van der Waals surface area contributed by atoms with Gasteiger partial charge in [0.25, 0.3) is 11.5 Å². The SMILES string of the molecule is Cn1c(=O)[nH]cc(C(=O)NC(C(=O)O)c2ccc3c(c2)CCO3)c1=O. The Bertz CT molecular complexity index is 975. The zero-order valence-electron chi connectivity index (χ0n) is 13.2. The number of aromatic nitrogens is 2. The van der Waals surface area contributed by atoms with Crippen LogP contribution in [0.3, 0.4) is 0 Å². The van der Waals surface area contributed by atoms with E-state index in [-0.39, 0.29) is 5.56 Å². The molecule has 0 saturated heterocycles. The summed E-state index contributed by atoms with van der Waals surface area (Å²) in [6.07, 6.45) is 1.62. The molecule has 3 rings (SSSR count). The first-order chi connectivity index (χ1) is 11.9. The third kappa shape index (κ3) is 3.03. The van der Waals surface area contributed by atoms with Crippen molar-refractivity contribution >= 4 is 11.9 Å². The van der Waals surface area contributed by atoms with E-state index in [1.807, 2.05) is 0 Å². The van der Waals surface area contributed by atoms with Crippen LogP contribution in [0.4, 0.5) is 0 Å². The van der Waals surface area contributed by atoms with E-state index in [0.717, 1.165) is 16.3 Å². The number of carboxylic acids is 1. The average Bonchev–Trinajstić information content (AvgIpc) is 3.04. The molecule has 1 aliphatic rings. The van der Waals surface area contributed by atoms with Crippen molar-refractivity contribution in [2.75, 3.05) is 6.61 Å². The summed E-state index contributed by atoms with van der Waals surface area (Å²) < 4.78 is 6.11. The smallest absolute Gasteiger partial charge is 0.330 e. The first kappa shape index (κ1) is 16.5. The molecule has 1 amide bonds. The van der Waals surface area contributed by atoms with Gasteiger partial charge < -0.3 is 20.1 Å². The lowest BCUT2D eigenvalue weighted by Gasteiger charge is -2.15. The molecule has 1 atom stereocenters. The monoisotopic (exact) mass is 345 g/mol. The quantitative estimate of drug-likeness (QED) is 0.689. The molecule has 0 aliphatic carbocycles. The van der Waals surface area contributed by atoms with Gasteiger partial charge in [0.2, 0.25) is 0 Å². The van der Waals surface area contributed by atoms with Crippen LogP contribution in [0, 0.1) is 0 Å². The van der Waals surface area contributed by atoms with Gasteiger partial charge in [0.1, 0.15) is 11.3 Å². The number of nitrogens with one attached hydrogen (secondary N) is 2. The highest BCUT2D eigenvalue weighted by Gasteiger charge is 2.26. The van der Waals surface area contributed by atoms with Gasteiger partial charge in [-0.3, -0.25) is 14.2 Å². The number of rotatable bonds is 4. The number of carbonyl (C=O) groups is 2. The van der Waals surface area contributed by atoms with Crippen molar-refractivity contribution in [2.24, 2.45) is 7.05 Å². The lowest BCUT2D eigenvalue weighted by molar-refractivity contribution is -0.139. The molecule has 1 aliphatic heterocycles. The Morgan fingerprint density at radius 3 is 2.84 bits per heavy atom. The minimum atomic E-state index is -1.34. The summed E-state index contributed by atoms with van der Waals surface area (Å²) in [7, 11) is 1.22. The molecule has 2 heterocycles. The number of aliphatic carboxylic acids is 1. The molecule has 9 nitrogen and oxygen atoms in total. The number of amides is 1. The fourth-order valence-electron chi connectivity index (χ4n) is 2.61. The average molecular weight is 345 g/mol. The number of hydrogen-bond acceptors (Lipinski definition) is 5. The van der Waals surface area contributed by atoms with E-state index in [1.165, 1.54) is 7.05 Å². The van der Waals surface area contributed by atoms with Gasteiger partial charge in [0.05, 0.1) is 6.61 Å². The largest absolute Gasteiger partial charge is 0.493 e. The maximum atomic E-state index is 12.3. The van der Waals surface area contributed by atoms with Gasteiger partial charge in [0.15, 0.2) is 6.04 Å². The molecular weight excluding hydrogens is 330 g/mol. The van der Waals surface area contributed by atoms with Crippen LogP contribution in [-0.2, 0) is 18.3 Å². The number of nitrogens with zero attached hydrogens (tertiary/aromatic N) is 1. The number of hydrogen-bond donors (Lipinski definition) is 3. The van der Waals surface area contributed by atoms with Crippen molar-refractivity contribution in [1.29, 1.82) is 0 Å². The van der Waals surface area contributed by atoms with Crippen molar-refractivity contribution in [3.63, 3.8) is 0 Å². The second kappa shape index (κ2) is 6.27. The van der Waals surface area contributed by atoms with Gasteiger partial charge in [-0.2, -0.15) is 0 Å². The van der Waals surface area contributed by atoms with E-state index in [9.17, 15) is 24.3 Å². The van der Waals surface area contributed by atoms with Crippen molar-refractivity contribution in [2.45, 2.75) is 12.5 Å². The van der Waals surface area contributed by atoms with Crippen LogP contribution in [0.2, 0.25) is 0 Å². The Morgan fingerprint density at radius 1 is 1.36 bits per heavy atom. The van der Waals surface area contributed by atoms with Gasteiger partial charge >= 0.3 is 11.7 Å². The number of carbonyl (C=O) groups excluding carboxylic acids is 1. The standard InChI is InChI=1S/C16H15N3O6/c1-19-14(21)10(7-17-16(19)24)13(20)18-12(15(22)23)9-2-3-11-8(6-9)4-5-25-11/h2-3,6-7,12H,4-5H2,1H3,(H,17,24)(H,18,20)(H,22,23). The summed E-state index contributed by atoms with van der Waals surface area (Å²) in [5, 5.41) is 11.8. The van der Waals surface area contributed by atoms with Gasteiger partial charge in [0, 0.05) is 19.7 Å². The summed E-state index contributed by atoms with van der Waals surface area (Å²) >= 11 is 0. The van der Waals surface area contributed by atoms with Crippen LogP contribution < -0.4 is 21.3 Å². The van der Waals surface area contributed by atoms with Gasteiger partial charge in [-0.15, -0.1) is 0 Å². The minimum absolute atomic E-state index is 0.349. The molecule has 3 N–H and O–H groups in total. The van der Waals surface area contributed by atoms with E-state index in [0.29, 0.717) is 24.3 Å². The lowest BCUT2D eigenvalue weighted by Crippen LogP contribution is -2.41. The Hall–Kier alpha value is -3.36. The maximum absolute atomic E-state index is 12.3. The highest BCUT2D eigenvalue weighted by atomic mass is 16.5. The van der Waals surface area contributed by atoms with Gasteiger partial charge in [-0.1, -0.05) is 6.07 Å². The van der Waals surface area contributed by atoms with E-state index < -0.39 is 29.2 Å². The van der Waals surface area contributed by atoms with Crippen LogP contribution in [0.1, 0.15) is 27.5 Å². The normalized spacial score (nSPS) is 13.6. The predicted molar refractivity (Wildman–Crippen MR) is 85.8 cm³/mol. The number of H-pyrrole nitrogens is 1. The zero-order valence-corrected chi connectivity index (χ0v) is 13.2. The highest BCUT2D eigenvalue weighted by Crippen LogP contribution is 2.28. The van der Waals surface area contributed by atoms with Crippen LogP contribution in [0.25, 0.3) is 0 Å². The first-order valence-corrected chi connectivity index (χ1v) is 7.46. The maximum Gasteiger partial charge on any atom is 0.330 e. The zero-order chi connectivity index (χ0) is 18.1. The lowest BCUT2D eigenvalue weighted by atomic mass is 10.0. The molecule has 0 spiro atoms. The molecule has 1 aromatic carbocycles. The fourth-order valence-corrected chi connectivity index (χ4v) is 2.61. The molecule has 1 unspecified atom stereocenters. The van der Waals surface area contributed by atoms with E-state index in [1.54, 1.807) is 18.2 Å². The van der Waals surface area contributed by atoms with Crippen LogP contribution >= 0.6 is 0 Å². The molecular formula is C16H15N3O6. The summed E-state index contributed by atoms with van der Waals surface area (Å²) in [5.41, 5.74) is -0.607. The first-order valence-electron chi connectivity index (χ1n) is 7.46. The highest BCUT2D eigenvalue weighted by molar-refractivity contribution is 5.96. The second-order valence-electron chi connectivity index (χ2n) is 5.58. The van der Waals surface area contributed by atoms with E-state index >= 15 is 0 Å². The third-order valence-corrected chi connectivity index (χ3v) is 3.99. The Morgan fingerprint density at radius 2 is 2.12 bits per heavy atom. The number of ether oxygens (including phenoxy) is 1. The number of benzene rings is 1. The number of aromatic amines is 1. The summed E-state index contributed by atoms with van der Waals surface area (Å²) in [6.45, 7) is 0.524. The third-order valence-electron chi connectivity index (χ3n) is 3.99. The minimum Gasteiger partial charge on any atom is -0.493 e. The molecule has 1 aromatic heterocycles. The van der Waals surface area contributed by atoms with Crippen LogP contribution in [0.15, 0.2) is 34.0 Å². The molecule has 0 radical (unpaired) electrons.